The quantitative estimate of drug-likeness (QED) is 0.458. The molecule has 2 aromatic heterocycles. The number of rotatable bonds is 11. The number of halogens is 1. The second kappa shape index (κ2) is 11.9. The Kier molecular flexibility index (Phi) is 8.40. The van der Waals surface area contributed by atoms with E-state index in [1.54, 1.807) is 18.4 Å². The highest BCUT2D eigenvalue weighted by Gasteiger charge is 2.17. The van der Waals surface area contributed by atoms with Crippen LogP contribution in [0, 0.1) is 5.82 Å². The summed E-state index contributed by atoms with van der Waals surface area (Å²) in [4.78, 5) is 21.4. The summed E-state index contributed by atoms with van der Waals surface area (Å²) in [6.07, 6.45) is 2.50. The second-order valence-corrected chi connectivity index (χ2v) is 8.58. The van der Waals surface area contributed by atoms with Crippen LogP contribution in [0.1, 0.15) is 23.6 Å². The molecule has 4 rings (SSSR count). The number of hydrogen-bond donors (Lipinski definition) is 1. The number of anilines is 1. The van der Waals surface area contributed by atoms with Gasteiger partial charge in [0.15, 0.2) is 0 Å². The van der Waals surface area contributed by atoms with Gasteiger partial charge in [-0.1, -0.05) is 12.1 Å². The van der Waals surface area contributed by atoms with E-state index in [2.05, 4.69) is 19.6 Å². The van der Waals surface area contributed by atoms with Crippen molar-refractivity contribution < 1.29 is 18.3 Å². The number of nitrogens with one attached hydrogen (secondary N) is 1. The molecule has 33 heavy (non-hydrogen) atoms. The molecular weight excluding hydrogens is 445 g/mol. The number of hydrogen-bond acceptors (Lipinski definition) is 8. The molecule has 0 atom stereocenters. The largest absolute Gasteiger partial charge is 0.467 e. The van der Waals surface area contributed by atoms with Crippen LogP contribution in [0.3, 0.4) is 0 Å². The lowest BCUT2D eigenvalue weighted by Crippen LogP contribution is -2.41. The van der Waals surface area contributed by atoms with Gasteiger partial charge < -0.3 is 19.4 Å². The van der Waals surface area contributed by atoms with Gasteiger partial charge in [-0.2, -0.15) is 4.37 Å². The Bertz CT molecular complexity index is 990. The lowest BCUT2D eigenvalue weighted by Gasteiger charge is -2.26. The summed E-state index contributed by atoms with van der Waals surface area (Å²) in [6.45, 7) is 5.76. The topological polar surface area (TPSA) is 83.7 Å². The summed E-state index contributed by atoms with van der Waals surface area (Å²) in [7, 11) is 0. The van der Waals surface area contributed by atoms with Crippen LogP contribution in [0.15, 0.2) is 47.1 Å². The fraction of sp³-hybridized carbons (Fsp3) is 0.435. The van der Waals surface area contributed by atoms with Crippen molar-refractivity contribution in [3.8, 4) is 0 Å². The van der Waals surface area contributed by atoms with Gasteiger partial charge in [-0.25, -0.2) is 9.37 Å². The van der Waals surface area contributed by atoms with Crippen LogP contribution < -0.4 is 10.2 Å². The summed E-state index contributed by atoms with van der Waals surface area (Å²) in [5.41, 5.74) is 0.943. The molecule has 0 unspecified atom stereocenters. The van der Waals surface area contributed by atoms with E-state index in [1.165, 1.54) is 23.7 Å². The molecule has 0 bridgehead atoms. The molecule has 0 radical (unpaired) electrons. The second-order valence-electron chi connectivity index (χ2n) is 7.85. The van der Waals surface area contributed by atoms with Crippen molar-refractivity contribution >= 4 is 22.6 Å². The Hall–Kier alpha value is -2.82. The first-order chi connectivity index (χ1) is 16.2. The molecular formula is C23H28FN5O3S. The molecule has 176 valence electrons. The molecule has 3 heterocycles. The smallest absolute Gasteiger partial charge is 0.221 e. The standard InChI is InChI=1S/C23H28FN5O3S/c24-19-5-3-18(4-6-19)16-21-26-23(33-27-21)29(17-20-2-1-13-32-20)9-7-22(30)25-8-10-28-11-14-31-15-12-28/h1-6,13H,7-12,14-17H2,(H,25,30). The average Bonchev–Trinajstić information content (AvgIpc) is 3.51. The summed E-state index contributed by atoms with van der Waals surface area (Å²) >= 11 is 1.29. The Morgan fingerprint density at radius 3 is 2.79 bits per heavy atom. The maximum atomic E-state index is 13.2. The fourth-order valence-corrected chi connectivity index (χ4v) is 4.28. The van der Waals surface area contributed by atoms with Crippen LogP contribution in [0.2, 0.25) is 0 Å². The van der Waals surface area contributed by atoms with E-state index in [9.17, 15) is 9.18 Å². The Labute approximate surface area is 196 Å². The normalized spacial score (nSPS) is 14.3. The molecule has 1 aliphatic heterocycles. The molecule has 1 fully saturated rings. The molecule has 1 aromatic carbocycles. The minimum atomic E-state index is -0.265. The number of morpholine rings is 1. The van der Waals surface area contributed by atoms with Gasteiger partial charge in [-0.3, -0.25) is 9.69 Å². The Morgan fingerprint density at radius 1 is 1.21 bits per heavy atom. The number of amides is 1. The van der Waals surface area contributed by atoms with Crippen molar-refractivity contribution in [3.05, 3.63) is 65.6 Å². The van der Waals surface area contributed by atoms with Gasteiger partial charge in [-0.05, 0) is 29.8 Å². The van der Waals surface area contributed by atoms with Crippen molar-refractivity contribution in [1.29, 1.82) is 0 Å². The summed E-state index contributed by atoms with van der Waals surface area (Å²) in [6, 6.07) is 10.1. The molecule has 0 aliphatic carbocycles. The number of furan rings is 1. The van der Waals surface area contributed by atoms with Crippen LogP contribution in [-0.2, 0) is 22.5 Å². The predicted octanol–water partition coefficient (Wildman–Crippen LogP) is 2.71. The van der Waals surface area contributed by atoms with Crippen LogP contribution in [-0.4, -0.2) is 66.1 Å². The fourth-order valence-electron chi connectivity index (χ4n) is 3.57. The maximum absolute atomic E-state index is 13.2. The van der Waals surface area contributed by atoms with E-state index in [-0.39, 0.29) is 11.7 Å². The molecule has 0 spiro atoms. The van der Waals surface area contributed by atoms with Gasteiger partial charge in [-0.15, -0.1) is 0 Å². The first kappa shape index (κ1) is 23.3. The monoisotopic (exact) mass is 473 g/mol. The van der Waals surface area contributed by atoms with Crippen LogP contribution in [0.25, 0.3) is 0 Å². The molecule has 8 nitrogen and oxygen atoms in total. The van der Waals surface area contributed by atoms with Gasteiger partial charge in [0.2, 0.25) is 11.0 Å². The minimum absolute atomic E-state index is 0.00348. The third-order valence-corrected chi connectivity index (χ3v) is 6.21. The SMILES string of the molecule is O=C(CCN(Cc1ccco1)c1nc(Cc2ccc(F)cc2)ns1)NCCN1CCOCC1. The lowest BCUT2D eigenvalue weighted by atomic mass is 10.1. The molecule has 1 N–H and O–H groups in total. The van der Waals surface area contributed by atoms with Crippen molar-refractivity contribution in [2.24, 2.45) is 0 Å². The van der Waals surface area contributed by atoms with Crippen molar-refractivity contribution in [3.63, 3.8) is 0 Å². The van der Waals surface area contributed by atoms with Crippen molar-refractivity contribution in [2.75, 3.05) is 50.8 Å². The van der Waals surface area contributed by atoms with Crippen LogP contribution in [0.5, 0.6) is 0 Å². The highest BCUT2D eigenvalue weighted by molar-refractivity contribution is 7.09. The summed E-state index contributed by atoms with van der Waals surface area (Å²) < 4.78 is 28.5. The van der Waals surface area contributed by atoms with Gasteiger partial charge in [0.25, 0.3) is 0 Å². The van der Waals surface area contributed by atoms with Crippen LogP contribution >= 0.6 is 11.5 Å². The third kappa shape index (κ3) is 7.34. The van der Waals surface area contributed by atoms with E-state index < -0.39 is 0 Å². The van der Waals surface area contributed by atoms with E-state index >= 15 is 0 Å². The molecule has 10 heteroatoms. The Morgan fingerprint density at radius 2 is 2.03 bits per heavy atom. The van der Waals surface area contributed by atoms with Gasteiger partial charge in [0, 0.05) is 57.1 Å². The first-order valence-corrected chi connectivity index (χ1v) is 11.8. The number of carbonyl (C=O) groups excluding carboxylic acids is 1. The van der Waals surface area contributed by atoms with Crippen molar-refractivity contribution in [2.45, 2.75) is 19.4 Å². The summed E-state index contributed by atoms with van der Waals surface area (Å²) in [5, 5.41) is 3.73. The number of ether oxygens (including phenoxy) is 1. The third-order valence-electron chi connectivity index (χ3n) is 5.39. The summed E-state index contributed by atoms with van der Waals surface area (Å²) in [5.74, 6) is 1.20. The first-order valence-electron chi connectivity index (χ1n) is 11.1. The number of aromatic nitrogens is 2. The number of benzene rings is 1. The zero-order valence-electron chi connectivity index (χ0n) is 18.4. The van der Waals surface area contributed by atoms with E-state index in [0.29, 0.717) is 38.3 Å². The maximum Gasteiger partial charge on any atom is 0.221 e. The molecule has 0 saturated carbocycles. The number of carbonyl (C=O) groups is 1. The highest BCUT2D eigenvalue weighted by Crippen LogP contribution is 2.22. The molecule has 3 aromatic rings. The van der Waals surface area contributed by atoms with E-state index in [1.807, 2.05) is 17.0 Å². The Balaban J connectivity index is 1.31. The molecule has 1 aliphatic rings. The predicted molar refractivity (Wildman–Crippen MR) is 124 cm³/mol. The number of nitrogens with zero attached hydrogens (tertiary/aromatic N) is 4. The highest BCUT2D eigenvalue weighted by atomic mass is 32.1. The van der Waals surface area contributed by atoms with Gasteiger partial charge >= 0.3 is 0 Å². The lowest BCUT2D eigenvalue weighted by molar-refractivity contribution is -0.121. The molecule has 1 saturated heterocycles. The van der Waals surface area contributed by atoms with Crippen molar-refractivity contribution in [1.82, 2.24) is 19.6 Å². The zero-order chi connectivity index (χ0) is 22.9. The zero-order valence-corrected chi connectivity index (χ0v) is 19.2. The molecule has 1 amide bonds. The van der Waals surface area contributed by atoms with E-state index in [0.717, 1.165) is 49.3 Å². The van der Waals surface area contributed by atoms with E-state index in [4.69, 9.17) is 9.15 Å². The van der Waals surface area contributed by atoms with Crippen LogP contribution in [0.4, 0.5) is 9.52 Å². The minimum Gasteiger partial charge on any atom is -0.467 e. The van der Waals surface area contributed by atoms with Gasteiger partial charge in [0.1, 0.15) is 17.4 Å². The van der Waals surface area contributed by atoms with Gasteiger partial charge in [0.05, 0.1) is 26.0 Å². The average molecular weight is 474 g/mol.